The van der Waals surface area contributed by atoms with Gasteiger partial charge in [0.25, 0.3) is 5.56 Å². The number of rotatable bonds is 8. The summed E-state index contributed by atoms with van der Waals surface area (Å²) in [5.41, 5.74) is 1.16. The van der Waals surface area contributed by atoms with Crippen molar-refractivity contribution in [3.63, 3.8) is 0 Å². The number of thiophene rings is 2. The lowest BCUT2D eigenvalue weighted by Gasteiger charge is -2.19. The SMILES string of the molecule is CC(C)CC(NC(=O)CSCc1nc2sc3c(c2c(=O)[nH]1)CCC3)c1cccs1. The molecular weight excluding hydrogens is 422 g/mol. The Hall–Kier alpha value is -1.64. The van der Waals surface area contributed by atoms with Crippen molar-refractivity contribution in [2.45, 2.75) is 51.3 Å². The van der Waals surface area contributed by atoms with Gasteiger partial charge in [-0.2, -0.15) is 0 Å². The van der Waals surface area contributed by atoms with Crippen molar-refractivity contribution in [3.05, 3.63) is 49.0 Å². The van der Waals surface area contributed by atoms with Gasteiger partial charge in [-0.1, -0.05) is 19.9 Å². The number of thioether (sulfide) groups is 1. The number of fused-ring (bicyclic) bond motifs is 3. The Kier molecular flexibility index (Phi) is 6.41. The average Bonchev–Trinajstić information content (AvgIpc) is 3.37. The molecule has 0 spiro atoms. The van der Waals surface area contributed by atoms with E-state index in [9.17, 15) is 9.59 Å². The van der Waals surface area contributed by atoms with E-state index in [1.54, 1.807) is 22.7 Å². The maximum Gasteiger partial charge on any atom is 0.259 e. The molecule has 0 radical (unpaired) electrons. The van der Waals surface area contributed by atoms with E-state index in [1.807, 2.05) is 11.4 Å². The average molecular weight is 448 g/mol. The van der Waals surface area contributed by atoms with Crippen molar-refractivity contribution in [3.8, 4) is 0 Å². The standard InChI is InChI=1S/C21H25N3O2S3/c1-12(2)9-14(16-7-4-8-28-16)22-18(25)11-27-10-17-23-20(26)19-13-5-3-6-15(13)29-21(19)24-17/h4,7-8,12,14H,3,5-6,9-11H2,1-2H3,(H,22,25)(H,23,24,26). The predicted molar refractivity (Wildman–Crippen MR) is 123 cm³/mol. The summed E-state index contributed by atoms with van der Waals surface area (Å²) < 4.78 is 0. The highest BCUT2D eigenvalue weighted by molar-refractivity contribution is 7.99. The second kappa shape index (κ2) is 9.02. The van der Waals surface area contributed by atoms with Crippen LogP contribution in [0.4, 0.5) is 0 Å². The number of aromatic nitrogens is 2. The fraction of sp³-hybridized carbons (Fsp3) is 0.476. The molecule has 3 aromatic heterocycles. The Balaban J connectivity index is 1.36. The van der Waals surface area contributed by atoms with Crippen LogP contribution in [0.25, 0.3) is 10.2 Å². The summed E-state index contributed by atoms with van der Waals surface area (Å²) in [7, 11) is 0. The largest absolute Gasteiger partial charge is 0.348 e. The second-order valence-corrected chi connectivity index (χ2v) is 10.9. The monoisotopic (exact) mass is 447 g/mol. The Morgan fingerprint density at radius 2 is 2.24 bits per heavy atom. The molecule has 0 bridgehead atoms. The van der Waals surface area contributed by atoms with Gasteiger partial charge in [-0.25, -0.2) is 4.98 Å². The van der Waals surface area contributed by atoms with Crippen LogP contribution in [0.2, 0.25) is 0 Å². The Labute approximate surface area is 182 Å². The maximum absolute atomic E-state index is 12.5. The molecule has 1 amide bonds. The van der Waals surface area contributed by atoms with E-state index in [4.69, 9.17) is 0 Å². The van der Waals surface area contributed by atoms with Crippen LogP contribution in [-0.2, 0) is 23.4 Å². The van der Waals surface area contributed by atoms with Crippen LogP contribution in [0.5, 0.6) is 0 Å². The third-order valence-corrected chi connectivity index (χ3v) is 8.14. The summed E-state index contributed by atoms with van der Waals surface area (Å²) in [5, 5.41) is 5.99. The van der Waals surface area contributed by atoms with Gasteiger partial charge >= 0.3 is 0 Å². The van der Waals surface area contributed by atoms with Gasteiger partial charge in [-0.3, -0.25) is 9.59 Å². The van der Waals surface area contributed by atoms with Crippen LogP contribution in [-0.4, -0.2) is 21.6 Å². The first-order valence-corrected chi connectivity index (χ1v) is 12.8. The number of hydrogen-bond acceptors (Lipinski definition) is 6. The fourth-order valence-corrected chi connectivity index (χ4v) is 6.57. The first-order chi connectivity index (χ1) is 14.0. The molecule has 8 heteroatoms. The zero-order chi connectivity index (χ0) is 20.4. The summed E-state index contributed by atoms with van der Waals surface area (Å²) in [6.45, 7) is 4.33. The summed E-state index contributed by atoms with van der Waals surface area (Å²) in [6.07, 6.45) is 4.09. The Bertz CT molecular complexity index is 1050. The van der Waals surface area contributed by atoms with Crippen LogP contribution < -0.4 is 10.9 Å². The zero-order valence-electron chi connectivity index (χ0n) is 16.6. The van der Waals surface area contributed by atoms with Crippen LogP contribution in [0.15, 0.2) is 22.3 Å². The fourth-order valence-electron chi connectivity index (χ4n) is 3.80. The minimum absolute atomic E-state index is 0.0209. The molecule has 0 fully saturated rings. The number of carbonyl (C=O) groups excluding carboxylic acids is 1. The maximum atomic E-state index is 12.5. The number of nitrogens with one attached hydrogen (secondary N) is 2. The number of amides is 1. The third kappa shape index (κ3) is 4.75. The quantitative estimate of drug-likeness (QED) is 0.526. The van der Waals surface area contributed by atoms with Crippen molar-refractivity contribution < 1.29 is 4.79 Å². The first-order valence-electron chi connectivity index (χ1n) is 9.95. The number of aromatic amines is 1. The molecule has 1 aliphatic rings. The molecule has 154 valence electrons. The molecule has 4 rings (SSSR count). The summed E-state index contributed by atoms with van der Waals surface area (Å²) in [4.78, 5) is 35.9. The summed E-state index contributed by atoms with van der Waals surface area (Å²) in [6, 6.07) is 4.16. The van der Waals surface area contributed by atoms with E-state index in [1.165, 1.54) is 27.1 Å². The van der Waals surface area contributed by atoms with Gasteiger partial charge in [-0.05, 0) is 48.6 Å². The molecule has 0 aromatic carbocycles. The molecule has 29 heavy (non-hydrogen) atoms. The molecular formula is C21H25N3O2S3. The van der Waals surface area contributed by atoms with E-state index in [0.717, 1.165) is 35.9 Å². The Morgan fingerprint density at radius 1 is 1.38 bits per heavy atom. The van der Waals surface area contributed by atoms with E-state index in [-0.39, 0.29) is 17.5 Å². The highest BCUT2D eigenvalue weighted by Crippen LogP contribution is 2.34. The van der Waals surface area contributed by atoms with Crippen molar-refractivity contribution in [2.24, 2.45) is 5.92 Å². The lowest BCUT2D eigenvalue weighted by Crippen LogP contribution is -2.30. The molecule has 2 N–H and O–H groups in total. The summed E-state index contributed by atoms with van der Waals surface area (Å²) >= 11 is 4.81. The number of H-pyrrole nitrogens is 1. The zero-order valence-corrected chi connectivity index (χ0v) is 19.1. The highest BCUT2D eigenvalue weighted by atomic mass is 32.2. The van der Waals surface area contributed by atoms with Gasteiger partial charge in [0.05, 0.1) is 22.9 Å². The lowest BCUT2D eigenvalue weighted by atomic mass is 10.0. The number of nitrogens with zero attached hydrogens (tertiary/aromatic N) is 1. The molecule has 5 nitrogen and oxygen atoms in total. The van der Waals surface area contributed by atoms with Gasteiger partial charge in [-0.15, -0.1) is 34.4 Å². The van der Waals surface area contributed by atoms with E-state index in [0.29, 0.717) is 23.2 Å². The first kappa shape index (κ1) is 20.6. The van der Waals surface area contributed by atoms with E-state index >= 15 is 0 Å². The molecule has 3 aromatic rings. The molecule has 1 aliphatic carbocycles. The van der Waals surface area contributed by atoms with Crippen LogP contribution in [0, 0.1) is 5.92 Å². The minimum atomic E-state index is -0.0378. The molecule has 1 atom stereocenters. The molecule has 0 saturated carbocycles. The van der Waals surface area contributed by atoms with Gasteiger partial charge in [0.15, 0.2) is 0 Å². The second-order valence-electron chi connectivity index (χ2n) is 7.81. The topological polar surface area (TPSA) is 74.8 Å². The van der Waals surface area contributed by atoms with Crippen molar-refractivity contribution in [1.82, 2.24) is 15.3 Å². The van der Waals surface area contributed by atoms with E-state index < -0.39 is 0 Å². The molecule has 1 unspecified atom stereocenters. The number of aryl methyl sites for hydroxylation is 2. The normalized spacial score (nSPS) is 14.4. The van der Waals surface area contributed by atoms with Crippen LogP contribution in [0.1, 0.15) is 53.9 Å². The van der Waals surface area contributed by atoms with Crippen LogP contribution in [0.3, 0.4) is 0 Å². The van der Waals surface area contributed by atoms with Crippen molar-refractivity contribution in [1.29, 1.82) is 0 Å². The van der Waals surface area contributed by atoms with Gasteiger partial charge in [0.2, 0.25) is 5.91 Å². The van der Waals surface area contributed by atoms with Gasteiger partial charge < -0.3 is 10.3 Å². The minimum Gasteiger partial charge on any atom is -0.348 e. The Morgan fingerprint density at radius 3 is 3.00 bits per heavy atom. The van der Waals surface area contributed by atoms with Crippen LogP contribution >= 0.6 is 34.4 Å². The van der Waals surface area contributed by atoms with Gasteiger partial charge in [0.1, 0.15) is 10.7 Å². The smallest absolute Gasteiger partial charge is 0.259 e. The van der Waals surface area contributed by atoms with Crippen molar-refractivity contribution in [2.75, 3.05) is 5.75 Å². The third-order valence-electron chi connectivity index (χ3n) is 5.02. The molecule has 0 saturated heterocycles. The summed E-state index contributed by atoms with van der Waals surface area (Å²) in [5.74, 6) is 2.05. The van der Waals surface area contributed by atoms with Gasteiger partial charge in [0, 0.05) is 9.75 Å². The highest BCUT2D eigenvalue weighted by Gasteiger charge is 2.21. The molecule has 0 aliphatic heterocycles. The van der Waals surface area contributed by atoms with Crippen molar-refractivity contribution >= 4 is 50.6 Å². The lowest BCUT2D eigenvalue weighted by molar-refractivity contribution is -0.119. The van der Waals surface area contributed by atoms with E-state index in [2.05, 4.69) is 35.2 Å². The number of carbonyl (C=O) groups is 1. The number of hydrogen-bond donors (Lipinski definition) is 2. The predicted octanol–water partition coefficient (Wildman–Crippen LogP) is 4.67. The molecule has 3 heterocycles.